The van der Waals surface area contributed by atoms with Crippen LogP contribution in [0.25, 0.3) is 5.70 Å². The van der Waals surface area contributed by atoms with Gasteiger partial charge in [0, 0.05) is 4.90 Å². The molecule has 0 saturated heterocycles. The third kappa shape index (κ3) is 3.87. The van der Waals surface area contributed by atoms with Gasteiger partial charge in [-0.2, -0.15) is 0 Å². The molecule has 0 fully saturated rings. The molecule has 0 bridgehead atoms. The SMILES string of the molecule is CCOc1ccc(C2=CC(c3ccc(SC)cc3)N(c3ccccc3)N2)cc1. The van der Waals surface area contributed by atoms with Gasteiger partial charge in [-0.25, -0.2) is 0 Å². The third-order valence-corrected chi connectivity index (χ3v) is 5.56. The molecule has 0 amide bonds. The molecule has 3 aromatic carbocycles. The Hall–Kier alpha value is -2.85. The fourth-order valence-electron chi connectivity index (χ4n) is 3.39. The maximum atomic E-state index is 5.57. The number of nitrogens with zero attached hydrogens (tertiary/aromatic N) is 1. The Balaban J connectivity index is 1.67. The number of rotatable bonds is 6. The summed E-state index contributed by atoms with van der Waals surface area (Å²) < 4.78 is 5.57. The van der Waals surface area contributed by atoms with E-state index in [1.165, 1.54) is 10.5 Å². The minimum Gasteiger partial charge on any atom is -0.494 e. The number of hydrazine groups is 1. The van der Waals surface area contributed by atoms with Crippen molar-refractivity contribution in [3.05, 3.63) is 96.1 Å². The van der Waals surface area contributed by atoms with Gasteiger partial charge in [-0.1, -0.05) is 30.3 Å². The molecular weight excluding hydrogens is 364 g/mol. The maximum absolute atomic E-state index is 5.57. The lowest BCUT2D eigenvalue weighted by Gasteiger charge is -2.27. The van der Waals surface area contributed by atoms with Crippen LogP contribution < -0.4 is 15.2 Å². The van der Waals surface area contributed by atoms with Gasteiger partial charge in [0.2, 0.25) is 0 Å². The van der Waals surface area contributed by atoms with Gasteiger partial charge in [-0.15, -0.1) is 11.8 Å². The molecule has 1 unspecified atom stereocenters. The van der Waals surface area contributed by atoms with Gasteiger partial charge in [0.25, 0.3) is 0 Å². The molecule has 0 spiro atoms. The second kappa shape index (κ2) is 8.44. The molecule has 0 aromatic heterocycles. The number of benzene rings is 3. The summed E-state index contributed by atoms with van der Waals surface area (Å²) in [6.07, 6.45) is 4.39. The second-order valence-corrected chi connectivity index (χ2v) is 7.45. The van der Waals surface area contributed by atoms with Gasteiger partial charge >= 0.3 is 0 Å². The highest BCUT2D eigenvalue weighted by Crippen LogP contribution is 2.35. The van der Waals surface area contributed by atoms with Crippen LogP contribution in [0.15, 0.2) is 89.8 Å². The third-order valence-electron chi connectivity index (χ3n) is 4.81. The van der Waals surface area contributed by atoms with Crippen LogP contribution in [0.2, 0.25) is 0 Å². The van der Waals surface area contributed by atoms with Crippen molar-refractivity contribution < 1.29 is 4.74 Å². The highest BCUT2D eigenvalue weighted by Gasteiger charge is 2.27. The summed E-state index contributed by atoms with van der Waals surface area (Å²) in [6.45, 7) is 2.68. The number of hydrogen-bond donors (Lipinski definition) is 1. The molecule has 0 saturated carbocycles. The summed E-state index contributed by atoms with van der Waals surface area (Å²) in [4.78, 5) is 1.27. The average Bonchev–Trinajstić information content (AvgIpc) is 3.21. The highest BCUT2D eigenvalue weighted by molar-refractivity contribution is 7.98. The van der Waals surface area contributed by atoms with Gasteiger partial charge in [-0.3, -0.25) is 10.4 Å². The Morgan fingerprint density at radius 1 is 0.929 bits per heavy atom. The van der Waals surface area contributed by atoms with E-state index >= 15 is 0 Å². The fourth-order valence-corrected chi connectivity index (χ4v) is 3.80. The number of thioether (sulfide) groups is 1. The van der Waals surface area contributed by atoms with Crippen LogP contribution in [0.5, 0.6) is 5.75 Å². The Morgan fingerprint density at radius 3 is 2.29 bits per heavy atom. The molecule has 0 radical (unpaired) electrons. The lowest BCUT2D eigenvalue weighted by atomic mass is 10.0. The minimum absolute atomic E-state index is 0.125. The Labute approximate surface area is 171 Å². The zero-order valence-corrected chi connectivity index (χ0v) is 16.9. The van der Waals surface area contributed by atoms with Crippen molar-refractivity contribution in [2.75, 3.05) is 17.9 Å². The summed E-state index contributed by atoms with van der Waals surface area (Å²) >= 11 is 1.76. The molecule has 4 rings (SSSR count). The lowest BCUT2D eigenvalue weighted by molar-refractivity contribution is 0.340. The zero-order chi connectivity index (χ0) is 19.3. The van der Waals surface area contributed by atoms with Crippen molar-refractivity contribution in [3.63, 3.8) is 0 Å². The summed E-state index contributed by atoms with van der Waals surface area (Å²) in [6, 6.07) is 27.6. The number of ether oxygens (including phenoxy) is 1. The monoisotopic (exact) mass is 388 g/mol. The first kappa shape index (κ1) is 18.5. The zero-order valence-electron chi connectivity index (χ0n) is 16.1. The standard InChI is InChI=1S/C24H24N2OS/c1-3-27-21-13-9-18(10-14-21)23-17-24(19-11-15-22(28-2)16-12-19)26(25-23)20-7-5-4-6-8-20/h4-17,24-25H,3H2,1-2H3. The molecule has 142 valence electrons. The van der Waals surface area contributed by atoms with E-state index in [1.807, 2.05) is 25.1 Å². The van der Waals surface area contributed by atoms with Crippen molar-refractivity contribution in [1.29, 1.82) is 0 Å². The molecule has 3 nitrogen and oxygen atoms in total. The molecule has 28 heavy (non-hydrogen) atoms. The van der Waals surface area contributed by atoms with E-state index in [0.29, 0.717) is 6.61 Å². The van der Waals surface area contributed by atoms with Crippen LogP contribution in [0.1, 0.15) is 24.1 Å². The van der Waals surface area contributed by atoms with Crippen molar-refractivity contribution >= 4 is 23.1 Å². The highest BCUT2D eigenvalue weighted by atomic mass is 32.2. The lowest BCUT2D eigenvalue weighted by Crippen LogP contribution is -2.33. The summed E-state index contributed by atoms with van der Waals surface area (Å²) in [7, 11) is 0. The van der Waals surface area contributed by atoms with Crippen LogP contribution in [-0.4, -0.2) is 12.9 Å². The molecule has 1 N–H and O–H groups in total. The molecule has 1 aliphatic rings. The fraction of sp³-hybridized carbons (Fsp3) is 0.167. The van der Waals surface area contributed by atoms with Crippen LogP contribution in [-0.2, 0) is 0 Å². The molecule has 1 aliphatic heterocycles. The van der Waals surface area contributed by atoms with E-state index in [4.69, 9.17) is 4.74 Å². The first-order valence-electron chi connectivity index (χ1n) is 9.48. The topological polar surface area (TPSA) is 24.5 Å². The van der Waals surface area contributed by atoms with E-state index in [-0.39, 0.29) is 6.04 Å². The van der Waals surface area contributed by atoms with Crippen molar-refractivity contribution in [2.45, 2.75) is 17.9 Å². The molecule has 1 atom stereocenters. The van der Waals surface area contributed by atoms with Crippen LogP contribution in [0.4, 0.5) is 5.69 Å². The van der Waals surface area contributed by atoms with Crippen LogP contribution in [0.3, 0.4) is 0 Å². The Bertz CT molecular complexity index is 937. The second-order valence-electron chi connectivity index (χ2n) is 6.57. The first-order chi connectivity index (χ1) is 13.8. The van der Waals surface area contributed by atoms with E-state index in [2.05, 4.69) is 83.4 Å². The summed E-state index contributed by atoms with van der Waals surface area (Å²) in [5.74, 6) is 0.897. The number of nitrogens with one attached hydrogen (secondary N) is 1. The quantitative estimate of drug-likeness (QED) is 0.530. The Morgan fingerprint density at radius 2 is 1.64 bits per heavy atom. The van der Waals surface area contributed by atoms with E-state index in [9.17, 15) is 0 Å². The average molecular weight is 389 g/mol. The first-order valence-corrected chi connectivity index (χ1v) is 10.7. The normalized spacial score (nSPS) is 15.9. The number of anilines is 1. The van der Waals surface area contributed by atoms with Crippen molar-refractivity contribution in [1.82, 2.24) is 5.43 Å². The van der Waals surface area contributed by atoms with Crippen LogP contribution >= 0.6 is 11.8 Å². The maximum Gasteiger partial charge on any atom is 0.119 e. The van der Waals surface area contributed by atoms with Gasteiger partial charge in [0.05, 0.1) is 24.0 Å². The molecule has 0 aliphatic carbocycles. The summed E-state index contributed by atoms with van der Waals surface area (Å²) in [5, 5.41) is 2.22. The smallest absolute Gasteiger partial charge is 0.119 e. The van der Waals surface area contributed by atoms with Gasteiger partial charge < -0.3 is 4.74 Å². The van der Waals surface area contributed by atoms with Gasteiger partial charge in [0.15, 0.2) is 0 Å². The number of hydrogen-bond acceptors (Lipinski definition) is 4. The number of para-hydroxylation sites is 1. The molecule has 3 aromatic rings. The van der Waals surface area contributed by atoms with E-state index in [0.717, 1.165) is 22.7 Å². The predicted molar refractivity (Wildman–Crippen MR) is 119 cm³/mol. The summed E-state index contributed by atoms with van der Waals surface area (Å²) in [5.41, 5.74) is 8.25. The van der Waals surface area contributed by atoms with Crippen molar-refractivity contribution in [3.8, 4) is 5.75 Å². The minimum atomic E-state index is 0.125. The molecule has 4 heteroatoms. The molecular formula is C24H24N2OS. The Kier molecular flexibility index (Phi) is 5.58. The van der Waals surface area contributed by atoms with Crippen LogP contribution in [0, 0.1) is 0 Å². The van der Waals surface area contributed by atoms with E-state index in [1.54, 1.807) is 11.8 Å². The largest absolute Gasteiger partial charge is 0.494 e. The van der Waals surface area contributed by atoms with Crippen molar-refractivity contribution in [2.24, 2.45) is 0 Å². The van der Waals surface area contributed by atoms with Gasteiger partial charge in [-0.05, 0) is 78.9 Å². The van der Waals surface area contributed by atoms with Gasteiger partial charge in [0.1, 0.15) is 5.75 Å². The predicted octanol–water partition coefficient (Wildman–Crippen LogP) is 5.91. The van der Waals surface area contributed by atoms with E-state index < -0.39 is 0 Å². The molecule has 1 heterocycles.